The summed E-state index contributed by atoms with van der Waals surface area (Å²) in [5.41, 5.74) is 3.25. The predicted molar refractivity (Wildman–Crippen MR) is 79.2 cm³/mol. The van der Waals surface area contributed by atoms with E-state index in [4.69, 9.17) is 8.94 Å². The molecule has 3 aromatic heterocycles. The second-order valence-corrected chi connectivity index (χ2v) is 5.69. The van der Waals surface area contributed by atoms with E-state index in [0.717, 1.165) is 16.0 Å². The summed E-state index contributed by atoms with van der Waals surface area (Å²) in [5.74, 6) is 0.375. The minimum atomic E-state index is -0.162. The highest BCUT2D eigenvalue weighted by Crippen LogP contribution is 2.26. The van der Waals surface area contributed by atoms with Crippen LogP contribution in [0.15, 0.2) is 39.0 Å². The molecule has 1 N–H and O–H groups in total. The molecule has 3 aromatic rings. The van der Waals surface area contributed by atoms with Crippen LogP contribution in [0.3, 0.4) is 0 Å². The number of nitrogens with zero attached hydrogens (tertiary/aromatic N) is 1. The first-order valence-corrected chi connectivity index (χ1v) is 7.34. The molecule has 5 nitrogen and oxygen atoms in total. The maximum atomic E-state index is 12.1. The highest BCUT2D eigenvalue weighted by molar-refractivity contribution is 7.10. The number of carbonyl (C=O) groups is 1. The lowest BCUT2D eigenvalue weighted by molar-refractivity contribution is 0.0949. The SMILES string of the molecule is Cc1noc(C)c1C(=O)NCc1cc(-c2ccoc2)cs1. The third-order valence-electron chi connectivity index (χ3n) is 3.19. The second-order valence-electron chi connectivity index (χ2n) is 4.70. The number of aromatic nitrogens is 1. The topological polar surface area (TPSA) is 68.3 Å². The zero-order valence-electron chi connectivity index (χ0n) is 11.7. The van der Waals surface area contributed by atoms with Crippen LogP contribution in [0.2, 0.25) is 0 Å². The van der Waals surface area contributed by atoms with Gasteiger partial charge in [-0.1, -0.05) is 5.16 Å². The van der Waals surface area contributed by atoms with E-state index < -0.39 is 0 Å². The molecule has 3 heterocycles. The zero-order valence-corrected chi connectivity index (χ0v) is 12.5. The molecule has 0 fully saturated rings. The van der Waals surface area contributed by atoms with Gasteiger partial charge in [0.1, 0.15) is 11.3 Å². The zero-order chi connectivity index (χ0) is 14.8. The van der Waals surface area contributed by atoms with Crippen molar-refractivity contribution in [1.82, 2.24) is 10.5 Å². The Kier molecular flexibility index (Phi) is 3.62. The average molecular weight is 302 g/mol. The van der Waals surface area contributed by atoms with Gasteiger partial charge in [0.15, 0.2) is 0 Å². The molecule has 0 saturated heterocycles. The third kappa shape index (κ3) is 2.75. The molecule has 0 bridgehead atoms. The molecule has 1 amide bonds. The van der Waals surface area contributed by atoms with Gasteiger partial charge in [-0.15, -0.1) is 11.3 Å². The number of rotatable bonds is 4. The van der Waals surface area contributed by atoms with Crippen LogP contribution in [0.1, 0.15) is 26.7 Å². The Labute approximate surface area is 125 Å². The summed E-state index contributed by atoms with van der Waals surface area (Å²) in [6.07, 6.45) is 3.35. The number of amides is 1. The highest BCUT2D eigenvalue weighted by atomic mass is 32.1. The van der Waals surface area contributed by atoms with E-state index in [0.29, 0.717) is 23.6 Å². The number of furan rings is 1. The van der Waals surface area contributed by atoms with Gasteiger partial charge in [-0.25, -0.2) is 0 Å². The van der Waals surface area contributed by atoms with Gasteiger partial charge >= 0.3 is 0 Å². The molecule has 0 aromatic carbocycles. The predicted octanol–water partition coefficient (Wildman–Crippen LogP) is 3.54. The van der Waals surface area contributed by atoms with Crippen LogP contribution in [0.5, 0.6) is 0 Å². The van der Waals surface area contributed by atoms with Crippen molar-refractivity contribution in [2.75, 3.05) is 0 Å². The molecule has 0 aliphatic carbocycles. The van der Waals surface area contributed by atoms with E-state index >= 15 is 0 Å². The standard InChI is InChI=1S/C15H14N2O3S/c1-9-14(10(2)20-17-9)15(18)16-6-13-5-12(8-21-13)11-3-4-19-7-11/h3-5,7-8H,6H2,1-2H3,(H,16,18). The molecule has 0 saturated carbocycles. The van der Waals surface area contributed by atoms with Crippen LogP contribution in [-0.2, 0) is 6.54 Å². The largest absolute Gasteiger partial charge is 0.472 e. The van der Waals surface area contributed by atoms with Gasteiger partial charge in [0.25, 0.3) is 5.91 Å². The number of nitrogens with one attached hydrogen (secondary N) is 1. The molecule has 21 heavy (non-hydrogen) atoms. The van der Waals surface area contributed by atoms with Gasteiger partial charge in [-0.3, -0.25) is 4.79 Å². The fourth-order valence-electron chi connectivity index (χ4n) is 2.12. The van der Waals surface area contributed by atoms with Crippen molar-refractivity contribution >= 4 is 17.2 Å². The molecule has 6 heteroatoms. The summed E-state index contributed by atoms with van der Waals surface area (Å²) < 4.78 is 10.1. The Morgan fingerprint density at radius 3 is 2.90 bits per heavy atom. The second kappa shape index (κ2) is 5.57. The fraction of sp³-hybridized carbons (Fsp3) is 0.200. The Balaban J connectivity index is 1.67. The van der Waals surface area contributed by atoms with Crippen molar-refractivity contribution < 1.29 is 13.7 Å². The highest BCUT2D eigenvalue weighted by Gasteiger charge is 2.17. The van der Waals surface area contributed by atoms with Crippen LogP contribution in [0, 0.1) is 13.8 Å². The van der Waals surface area contributed by atoms with Crippen molar-refractivity contribution in [3.8, 4) is 11.1 Å². The van der Waals surface area contributed by atoms with Gasteiger partial charge < -0.3 is 14.3 Å². The Morgan fingerprint density at radius 2 is 2.24 bits per heavy atom. The summed E-state index contributed by atoms with van der Waals surface area (Å²) >= 11 is 1.60. The van der Waals surface area contributed by atoms with Crippen LogP contribution in [-0.4, -0.2) is 11.1 Å². The average Bonchev–Trinajstić information content (AvgIpc) is 3.17. The molecule has 0 unspecified atom stereocenters. The number of carbonyl (C=O) groups excluding carboxylic acids is 1. The maximum Gasteiger partial charge on any atom is 0.257 e. The van der Waals surface area contributed by atoms with Gasteiger partial charge in [-0.05, 0) is 36.9 Å². The van der Waals surface area contributed by atoms with Gasteiger partial charge in [-0.2, -0.15) is 0 Å². The summed E-state index contributed by atoms with van der Waals surface area (Å²) in [7, 11) is 0. The fourth-order valence-corrected chi connectivity index (χ4v) is 2.95. The molecule has 0 atom stereocenters. The smallest absolute Gasteiger partial charge is 0.257 e. The van der Waals surface area contributed by atoms with Crippen molar-refractivity contribution in [2.45, 2.75) is 20.4 Å². The van der Waals surface area contributed by atoms with Crippen LogP contribution >= 0.6 is 11.3 Å². The molecule has 0 aliphatic heterocycles. The maximum absolute atomic E-state index is 12.1. The summed E-state index contributed by atoms with van der Waals surface area (Å²) in [6.45, 7) is 3.97. The van der Waals surface area contributed by atoms with Crippen molar-refractivity contribution in [1.29, 1.82) is 0 Å². The number of hydrogen-bond donors (Lipinski definition) is 1. The third-order valence-corrected chi connectivity index (χ3v) is 4.13. The van der Waals surface area contributed by atoms with E-state index in [9.17, 15) is 4.79 Å². The molecule has 0 spiro atoms. The normalized spacial score (nSPS) is 10.8. The van der Waals surface area contributed by atoms with Crippen LogP contribution in [0.4, 0.5) is 0 Å². The van der Waals surface area contributed by atoms with Gasteiger partial charge in [0.05, 0.1) is 24.8 Å². The lowest BCUT2D eigenvalue weighted by Crippen LogP contribution is -2.23. The lowest BCUT2D eigenvalue weighted by Gasteiger charge is -2.02. The summed E-state index contributed by atoms with van der Waals surface area (Å²) in [5, 5.41) is 8.72. The molecule has 3 rings (SSSR count). The van der Waals surface area contributed by atoms with Crippen LogP contribution in [0.25, 0.3) is 11.1 Å². The molecular weight excluding hydrogens is 288 g/mol. The number of hydrogen-bond acceptors (Lipinski definition) is 5. The minimum absolute atomic E-state index is 0.162. The Bertz CT molecular complexity index is 736. The van der Waals surface area contributed by atoms with Crippen molar-refractivity contribution in [3.63, 3.8) is 0 Å². The Hall–Kier alpha value is -2.34. The molecular formula is C15H14N2O3S. The van der Waals surface area contributed by atoms with E-state index in [1.54, 1.807) is 37.7 Å². The quantitative estimate of drug-likeness (QED) is 0.800. The number of aryl methyl sites for hydroxylation is 2. The van der Waals surface area contributed by atoms with Gasteiger partial charge in [0.2, 0.25) is 0 Å². The van der Waals surface area contributed by atoms with E-state index in [1.165, 1.54) is 0 Å². The summed E-state index contributed by atoms with van der Waals surface area (Å²) in [6, 6.07) is 3.96. The van der Waals surface area contributed by atoms with E-state index in [-0.39, 0.29) is 5.91 Å². The first-order chi connectivity index (χ1) is 10.1. The minimum Gasteiger partial charge on any atom is -0.472 e. The van der Waals surface area contributed by atoms with Crippen molar-refractivity contribution in [2.24, 2.45) is 0 Å². The van der Waals surface area contributed by atoms with Crippen LogP contribution < -0.4 is 5.32 Å². The van der Waals surface area contributed by atoms with Gasteiger partial charge in [0, 0.05) is 10.4 Å². The number of thiophene rings is 1. The van der Waals surface area contributed by atoms with Crippen molar-refractivity contribution in [3.05, 3.63) is 51.9 Å². The monoisotopic (exact) mass is 302 g/mol. The first-order valence-electron chi connectivity index (χ1n) is 6.46. The van der Waals surface area contributed by atoms with E-state index in [2.05, 4.69) is 10.5 Å². The van der Waals surface area contributed by atoms with E-state index in [1.807, 2.05) is 17.5 Å². The Morgan fingerprint density at radius 1 is 1.38 bits per heavy atom. The molecule has 0 radical (unpaired) electrons. The molecule has 0 aliphatic rings. The lowest BCUT2D eigenvalue weighted by atomic mass is 10.2. The molecule has 108 valence electrons. The first kappa shape index (κ1) is 13.6. The summed E-state index contributed by atoms with van der Waals surface area (Å²) in [4.78, 5) is 13.2.